The summed E-state index contributed by atoms with van der Waals surface area (Å²) < 4.78 is 48.2. The number of ether oxygens (including phenoxy) is 2. The number of methoxy groups -OCH3 is 1. The zero-order valence-corrected chi connectivity index (χ0v) is 17.1. The zero-order chi connectivity index (χ0) is 21.8. The second kappa shape index (κ2) is 12.0. The number of hydrogen-bond donors (Lipinski definition) is 2. The Labute approximate surface area is 174 Å². The SMILES string of the molecule is CCNC(=NCc1ccc(OCCOC)nc1)NCCc1ccc(C(F)(F)F)cc1. The lowest BCUT2D eigenvalue weighted by Crippen LogP contribution is -2.38. The van der Waals surface area contributed by atoms with Gasteiger partial charge in [0.15, 0.2) is 5.96 Å². The summed E-state index contributed by atoms with van der Waals surface area (Å²) >= 11 is 0. The molecule has 0 bridgehead atoms. The Morgan fingerprint density at radius 3 is 2.37 bits per heavy atom. The Kier molecular flexibility index (Phi) is 9.40. The topological polar surface area (TPSA) is 67.8 Å². The van der Waals surface area contributed by atoms with Crippen LogP contribution in [0.25, 0.3) is 0 Å². The Balaban J connectivity index is 1.84. The van der Waals surface area contributed by atoms with E-state index in [9.17, 15) is 13.2 Å². The van der Waals surface area contributed by atoms with Crippen molar-refractivity contribution >= 4 is 5.96 Å². The van der Waals surface area contributed by atoms with Crippen molar-refractivity contribution in [3.05, 3.63) is 59.3 Å². The van der Waals surface area contributed by atoms with Gasteiger partial charge in [-0.1, -0.05) is 18.2 Å². The highest BCUT2D eigenvalue weighted by atomic mass is 19.4. The summed E-state index contributed by atoms with van der Waals surface area (Å²) in [5, 5.41) is 6.33. The molecule has 0 unspecified atom stereocenters. The van der Waals surface area contributed by atoms with Gasteiger partial charge < -0.3 is 20.1 Å². The molecule has 0 spiro atoms. The normalized spacial score (nSPS) is 12.0. The smallest absolute Gasteiger partial charge is 0.416 e. The van der Waals surface area contributed by atoms with E-state index >= 15 is 0 Å². The maximum atomic E-state index is 12.6. The average Bonchev–Trinajstić information content (AvgIpc) is 2.73. The molecule has 9 heteroatoms. The summed E-state index contributed by atoms with van der Waals surface area (Å²) in [6.45, 7) is 4.56. The standard InChI is InChI=1S/C21H27F3N4O2/c1-3-25-20(26-11-10-16-4-7-18(8-5-16)21(22,23)24)28-15-17-6-9-19(27-14-17)30-13-12-29-2/h4-9,14H,3,10-13,15H2,1-2H3,(H2,25,26,28). The molecule has 2 N–H and O–H groups in total. The molecule has 0 aliphatic carbocycles. The van der Waals surface area contributed by atoms with Crippen molar-refractivity contribution in [3.63, 3.8) is 0 Å². The first kappa shape index (κ1) is 23.5. The lowest BCUT2D eigenvalue weighted by atomic mass is 10.1. The molecule has 1 heterocycles. The van der Waals surface area contributed by atoms with Crippen molar-refractivity contribution < 1.29 is 22.6 Å². The summed E-state index contributed by atoms with van der Waals surface area (Å²) in [6, 6.07) is 8.87. The summed E-state index contributed by atoms with van der Waals surface area (Å²) in [5.74, 6) is 1.16. The second-order valence-corrected chi connectivity index (χ2v) is 6.41. The van der Waals surface area contributed by atoms with Gasteiger partial charge >= 0.3 is 6.18 Å². The molecule has 164 valence electrons. The van der Waals surface area contributed by atoms with Gasteiger partial charge in [0.2, 0.25) is 5.88 Å². The number of guanidine groups is 1. The van der Waals surface area contributed by atoms with Gasteiger partial charge in [-0.15, -0.1) is 0 Å². The molecular weight excluding hydrogens is 397 g/mol. The van der Waals surface area contributed by atoms with Crippen LogP contribution in [0.1, 0.15) is 23.6 Å². The van der Waals surface area contributed by atoms with E-state index in [1.807, 2.05) is 13.0 Å². The third-order valence-electron chi connectivity index (χ3n) is 4.09. The molecule has 0 radical (unpaired) electrons. The third-order valence-corrected chi connectivity index (χ3v) is 4.09. The number of aliphatic imine (C=N–C) groups is 1. The molecule has 30 heavy (non-hydrogen) atoms. The fraction of sp³-hybridized carbons (Fsp3) is 0.429. The molecule has 2 aromatic rings. The Morgan fingerprint density at radius 1 is 1.03 bits per heavy atom. The predicted molar refractivity (Wildman–Crippen MR) is 110 cm³/mol. The molecule has 0 aliphatic heterocycles. The van der Waals surface area contributed by atoms with E-state index < -0.39 is 11.7 Å². The number of benzene rings is 1. The summed E-state index contributed by atoms with van der Waals surface area (Å²) in [5.41, 5.74) is 1.10. The van der Waals surface area contributed by atoms with E-state index in [4.69, 9.17) is 9.47 Å². The van der Waals surface area contributed by atoms with Gasteiger partial charge in [0.05, 0.1) is 18.7 Å². The first-order valence-corrected chi connectivity index (χ1v) is 9.67. The van der Waals surface area contributed by atoms with Crippen molar-refractivity contribution in [2.24, 2.45) is 4.99 Å². The first-order valence-electron chi connectivity index (χ1n) is 9.67. The molecule has 2 rings (SSSR count). The van der Waals surface area contributed by atoms with Crippen LogP contribution in [-0.4, -0.2) is 44.4 Å². The molecular formula is C21H27F3N4O2. The average molecular weight is 424 g/mol. The van der Waals surface area contributed by atoms with E-state index in [-0.39, 0.29) is 0 Å². The van der Waals surface area contributed by atoms with Gasteiger partial charge in [0.25, 0.3) is 0 Å². The van der Waals surface area contributed by atoms with Gasteiger partial charge in [0, 0.05) is 32.5 Å². The van der Waals surface area contributed by atoms with Crippen LogP contribution in [0.2, 0.25) is 0 Å². The van der Waals surface area contributed by atoms with Crippen LogP contribution >= 0.6 is 0 Å². The number of pyridine rings is 1. The molecule has 0 aliphatic rings. The molecule has 0 saturated heterocycles. The number of aromatic nitrogens is 1. The zero-order valence-electron chi connectivity index (χ0n) is 17.1. The minimum Gasteiger partial charge on any atom is -0.475 e. The van der Waals surface area contributed by atoms with E-state index in [1.54, 1.807) is 19.4 Å². The van der Waals surface area contributed by atoms with E-state index in [2.05, 4.69) is 20.6 Å². The monoisotopic (exact) mass is 424 g/mol. The first-order chi connectivity index (χ1) is 14.4. The highest BCUT2D eigenvalue weighted by Crippen LogP contribution is 2.29. The number of alkyl halides is 3. The van der Waals surface area contributed by atoms with Crippen molar-refractivity contribution in [2.45, 2.75) is 26.1 Å². The molecule has 6 nitrogen and oxygen atoms in total. The fourth-order valence-corrected chi connectivity index (χ4v) is 2.52. The quantitative estimate of drug-likeness (QED) is 0.348. The Hall–Kier alpha value is -2.81. The van der Waals surface area contributed by atoms with Crippen molar-refractivity contribution in [1.29, 1.82) is 0 Å². The van der Waals surface area contributed by atoms with Crippen molar-refractivity contribution in [1.82, 2.24) is 15.6 Å². The minimum absolute atomic E-state index is 0.432. The molecule has 1 aromatic heterocycles. The van der Waals surface area contributed by atoms with E-state index in [0.717, 1.165) is 23.3 Å². The van der Waals surface area contributed by atoms with Gasteiger partial charge in [-0.3, -0.25) is 0 Å². The van der Waals surface area contributed by atoms with Gasteiger partial charge in [-0.2, -0.15) is 13.2 Å². The van der Waals surface area contributed by atoms with Crippen molar-refractivity contribution in [2.75, 3.05) is 33.4 Å². The lowest BCUT2D eigenvalue weighted by Gasteiger charge is -2.12. The minimum atomic E-state index is -4.31. The number of nitrogens with one attached hydrogen (secondary N) is 2. The second-order valence-electron chi connectivity index (χ2n) is 6.41. The molecule has 0 saturated carbocycles. The Bertz CT molecular complexity index is 778. The molecule has 0 fully saturated rings. The van der Waals surface area contributed by atoms with Gasteiger partial charge in [-0.25, -0.2) is 9.98 Å². The van der Waals surface area contributed by atoms with Crippen LogP contribution < -0.4 is 15.4 Å². The maximum absolute atomic E-state index is 12.6. The Morgan fingerprint density at radius 2 is 1.77 bits per heavy atom. The predicted octanol–water partition coefficient (Wildman–Crippen LogP) is 3.42. The molecule has 0 atom stereocenters. The van der Waals surface area contributed by atoms with Crippen LogP contribution in [0.5, 0.6) is 5.88 Å². The van der Waals surface area contributed by atoms with Crippen LogP contribution in [-0.2, 0) is 23.9 Å². The largest absolute Gasteiger partial charge is 0.475 e. The lowest BCUT2D eigenvalue weighted by molar-refractivity contribution is -0.137. The number of hydrogen-bond acceptors (Lipinski definition) is 4. The summed E-state index contributed by atoms with van der Waals surface area (Å²) in [6.07, 6.45) is -2.03. The third kappa shape index (κ3) is 8.28. The van der Waals surface area contributed by atoms with Crippen LogP contribution in [0.15, 0.2) is 47.6 Å². The molecule has 0 amide bonds. The number of halogens is 3. The number of rotatable bonds is 10. The van der Waals surface area contributed by atoms with Crippen LogP contribution in [0.3, 0.4) is 0 Å². The van der Waals surface area contributed by atoms with Gasteiger partial charge in [0.1, 0.15) is 6.61 Å². The number of nitrogens with zero attached hydrogens (tertiary/aromatic N) is 2. The van der Waals surface area contributed by atoms with Crippen molar-refractivity contribution in [3.8, 4) is 5.88 Å². The van der Waals surface area contributed by atoms with E-state index in [0.29, 0.717) is 51.1 Å². The van der Waals surface area contributed by atoms with Crippen LogP contribution in [0.4, 0.5) is 13.2 Å². The highest BCUT2D eigenvalue weighted by molar-refractivity contribution is 5.79. The fourth-order valence-electron chi connectivity index (χ4n) is 2.52. The van der Waals surface area contributed by atoms with Gasteiger partial charge in [-0.05, 0) is 36.6 Å². The molecule has 1 aromatic carbocycles. The van der Waals surface area contributed by atoms with E-state index in [1.165, 1.54) is 12.1 Å². The summed E-state index contributed by atoms with van der Waals surface area (Å²) in [7, 11) is 1.61. The maximum Gasteiger partial charge on any atom is 0.416 e. The van der Waals surface area contributed by atoms with Crippen LogP contribution in [0, 0.1) is 0 Å². The highest BCUT2D eigenvalue weighted by Gasteiger charge is 2.29. The summed E-state index contributed by atoms with van der Waals surface area (Å²) in [4.78, 5) is 8.74.